The molecule has 0 aliphatic carbocycles. The third-order valence-electron chi connectivity index (χ3n) is 2.20. The molecule has 2 rings (SSSR count). The lowest BCUT2D eigenvalue weighted by Crippen LogP contribution is -1.97. The van der Waals surface area contributed by atoms with Gasteiger partial charge in [0.25, 0.3) is 0 Å². The molecule has 1 aromatic carbocycles. The van der Waals surface area contributed by atoms with Gasteiger partial charge in [-0.25, -0.2) is 18.4 Å². The van der Waals surface area contributed by atoms with Crippen molar-refractivity contribution in [1.82, 2.24) is 9.97 Å². The van der Waals surface area contributed by atoms with Crippen LogP contribution in [0, 0.1) is 0 Å². The van der Waals surface area contributed by atoms with Crippen LogP contribution in [0.1, 0.15) is 0 Å². The molecule has 0 spiro atoms. The van der Waals surface area contributed by atoms with Gasteiger partial charge in [0, 0.05) is 17.9 Å². The Balaban J connectivity index is 2.46. The largest absolute Gasteiger partial charge is 0.224 e. The van der Waals surface area contributed by atoms with Crippen LogP contribution in [0.5, 0.6) is 0 Å². The van der Waals surface area contributed by atoms with Gasteiger partial charge in [-0.2, -0.15) is 0 Å². The molecule has 18 heavy (non-hydrogen) atoms. The first kappa shape index (κ1) is 13.3. The van der Waals surface area contributed by atoms with Crippen LogP contribution in [0.3, 0.4) is 0 Å². The summed E-state index contributed by atoms with van der Waals surface area (Å²) in [5.74, 6) is 0.354. The van der Waals surface area contributed by atoms with Crippen molar-refractivity contribution >= 4 is 33.0 Å². The Morgan fingerprint density at radius 3 is 1.94 bits per heavy atom. The van der Waals surface area contributed by atoms with Crippen molar-refractivity contribution in [3.8, 4) is 11.4 Å². The average Bonchev–Trinajstić information content (AvgIpc) is 2.27. The normalized spacial score (nSPS) is 11.5. The van der Waals surface area contributed by atoms with Crippen LogP contribution < -0.4 is 0 Å². The van der Waals surface area contributed by atoms with E-state index in [2.05, 4.69) is 9.97 Å². The molecular formula is C11H8Cl2N2O2S. The fourth-order valence-electron chi connectivity index (χ4n) is 1.37. The minimum absolute atomic E-state index is 0.234. The van der Waals surface area contributed by atoms with Crippen molar-refractivity contribution in [2.45, 2.75) is 4.90 Å². The number of rotatable bonds is 2. The van der Waals surface area contributed by atoms with Crippen molar-refractivity contribution in [2.24, 2.45) is 0 Å². The second-order valence-corrected chi connectivity index (χ2v) is 6.42. The highest BCUT2D eigenvalue weighted by Crippen LogP contribution is 2.21. The van der Waals surface area contributed by atoms with Gasteiger partial charge in [-0.1, -0.05) is 23.2 Å². The fraction of sp³-hybridized carbons (Fsp3) is 0.0909. The van der Waals surface area contributed by atoms with Crippen LogP contribution in [-0.2, 0) is 9.84 Å². The van der Waals surface area contributed by atoms with Crippen LogP contribution in [0.15, 0.2) is 35.2 Å². The Morgan fingerprint density at radius 1 is 1.00 bits per heavy atom. The predicted octanol–water partition coefficient (Wildman–Crippen LogP) is 2.85. The van der Waals surface area contributed by atoms with E-state index in [1.54, 1.807) is 12.1 Å². The van der Waals surface area contributed by atoms with E-state index >= 15 is 0 Å². The zero-order valence-corrected chi connectivity index (χ0v) is 11.6. The van der Waals surface area contributed by atoms with E-state index in [0.717, 1.165) is 6.26 Å². The lowest BCUT2D eigenvalue weighted by molar-refractivity contribution is 0.602. The van der Waals surface area contributed by atoms with E-state index in [1.807, 2.05) is 0 Å². The second-order valence-electron chi connectivity index (χ2n) is 3.63. The molecular weight excluding hydrogens is 295 g/mol. The van der Waals surface area contributed by atoms with Crippen LogP contribution in [-0.4, -0.2) is 24.6 Å². The Hall–Kier alpha value is -1.17. The summed E-state index contributed by atoms with van der Waals surface area (Å²) in [6, 6.07) is 7.62. The van der Waals surface area contributed by atoms with Crippen LogP contribution in [0.4, 0.5) is 0 Å². The molecule has 0 aliphatic rings. The molecule has 0 bridgehead atoms. The minimum Gasteiger partial charge on any atom is -0.224 e. The molecule has 1 aromatic heterocycles. The van der Waals surface area contributed by atoms with Gasteiger partial charge in [-0.15, -0.1) is 0 Å². The molecule has 94 valence electrons. The summed E-state index contributed by atoms with van der Waals surface area (Å²) < 4.78 is 22.6. The van der Waals surface area contributed by atoms with Gasteiger partial charge in [0.2, 0.25) is 0 Å². The van der Waals surface area contributed by atoms with Crippen molar-refractivity contribution < 1.29 is 8.42 Å². The van der Waals surface area contributed by atoms with E-state index in [0.29, 0.717) is 11.4 Å². The first-order chi connectivity index (χ1) is 8.36. The van der Waals surface area contributed by atoms with Crippen molar-refractivity contribution in [2.75, 3.05) is 6.26 Å². The standard InChI is InChI=1S/C11H8Cl2N2O2S/c1-18(16,17)8-4-2-7(3-5-8)11-14-9(12)6-10(13)15-11/h2-6H,1H3. The summed E-state index contributed by atoms with van der Waals surface area (Å²) in [5.41, 5.74) is 0.645. The highest BCUT2D eigenvalue weighted by molar-refractivity contribution is 7.90. The number of benzene rings is 1. The lowest BCUT2D eigenvalue weighted by Gasteiger charge is -2.03. The molecule has 4 nitrogen and oxygen atoms in total. The number of sulfone groups is 1. The van der Waals surface area contributed by atoms with E-state index in [4.69, 9.17) is 23.2 Å². The quantitative estimate of drug-likeness (QED) is 0.800. The first-order valence-corrected chi connectivity index (χ1v) is 7.51. The van der Waals surface area contributed by atoms with Gasteiger partial charge < -0.3 is 0 Å². The topological polar surface area (TPSA) is 59.9 Å². The minimum atomic E-state index is -3.21. The molecule has 0 atom stereocenters. The van der Waals surface area contributed by atoms with E-state index < -0.39 is 9.84 Å². The first-order valence-electron chi connectivity index (χ1n) is 4.87. The molecule has 0 saturated heterocycles. The monoisotopic (exact) mass is 302 g/mol. The summed E-state index contributed by atoms with van der Waals surface area (Å²) in [6.45, 7) is 0. The van der Waals surface area contributed by atoms with Crippen LogP contribution in [0.2, 0.25) is 10.3 Å². The van der Waals surface area contributed by atoms with Gasteiger partial charge in [0.15, 0.2) is 15.7 Å². The number of hydrogen-bond donors (Lipinski definition) is 0. The molecule has 0 fully saturated rings. The van der Waals surface area contributed by atoms with Gasteiger partial charge in [0.1, 0.15) is 10.3 Å². The number of aromatic nitrogens is 2. The number of nitrogens with zero attached hydrogens (tertiary/aromatic N) is 2. The number of hydrogen-bond acceptors (Lipinski definition) is 4. The van der Waals surface area contributed by atoms with Crippen LogP contribution >= 0.6 is 23.2 Å². The van der Waals surface area contributed by atoms with E-state index in [1.165, 1.54) is 18.2 Å². The Morgan fingerprint density at radius 2 is 1.50 bits per heavy atom. The van der Waals surface area contributed by atoms with Crippen molar-refractivity contribution in [3.05, 3.63) is 40.6 Å². The Labute approximate surface area is 115 Å². The molecule has 0 unspecified atom stereocenters. The van der Waals surface area contributed by atoms with Gasteiger partial charge in [0.05, 0.1) is 4.90 Å². The van der Waals surface area contributed by atoms with Crippen molar-refractivity contribution in [3.63, 3.8) is 0 Å². The van der Waals surface area contributed by atoms with E-state index in [9.17, 15) is 8.42 Å². The highest BCUT2D eigenvalue weighted by Gasteiger charge is 2.09. The maximum absolute atomic E-state index is 11.3. The summed E-state index contributed by atoms with van der Waals surface area (Å²) in [5, 5.41) is 0.467. The zero-order valence-electron chi connectivity index (χ0n) is 9.26. The summed E-state index contributed by atoms with van der Waals surface area (Å²) in [7, 11) is -3.21. The molecule has 2 aromatic rings. The average molecular weight is 303 g/mol. The number of halogens is 2. The third kappa shape index (κ3) is 2.98. The predicted molar refractivity (Wildman–Crippen MR) is 70.6 cm³/mol. The molecule has 0 saturated carbocycles. The highest BCUT2D eigenvalue weighted by atomic mass is 35.5. The zero-order chi connectivity index (χ0) is 13.3. The summed E-state index contributed by atoms with van der Waals surface area (Å²) in [6.07, 6.45) is 1.15. The smallest absolute Gasteiger partial charge is 0.175 e. The lowest BCUT2D eigenvalue weighted by atomic mass is 10.2. The van der Waals surface area contributed by atoms with Crippen molar-refractivity contribution in [1.29, 1.82) is 0 Å². The van der Waals surface area contributed by atoms with E-state index in [-0.39, 0.29) is 15.2 Å². The fourth-order valence-corrected chi connectivity index (χ4v) is 2.42. The second kappa shape index (κ2) is 4.84. The van der Waals surface area contributed by atoms with Gasteiger partial charge in [-0.3, -0.25) is 0 Å². The molecule has 0 aliphatic heterocycles. The maximum Gasteiger partial charge on any atom is 0.175 e. The van der Waals surface area contributed by atoms with Gasteiger partial charge in [-0.05, 0) is 24.3 Å². The van der Waals surface area contributed by atoms with Crippen LogP contribution in [0.25, 0.3) is 11.4 Å². The van der Waals surface area contributed by atoms with Gasteiger partial charge >= 0.3 is 0 Å². The molecule has 7 heteroatoms. The molecule has 0 amide bonds. The molecule has 0 N–H and O–H groups in total. The Kier molecular flexibility index (Phi) is 3.56. The maximum atomic E-state index is 11.3. The summed E-state index contributed by atoms with van der Waals surface area (Å²) in [4.78, 5) is 8.27. The SMILES string of the molecule is CS(=O)(=O)c1ccc(-c2nc(Cl)cc(Cl)n2)cc1. The molecule has 1 heterocycles. The Bertz CT molecular complexity index is 664. The molecule has 0 radical (unpaired) electrons. The summed E-state index contributed by atoms with van der Waals surface area (Å²) >= 11 is 11.5. The third-order valence-corrected chi connectivity index (χ3v) is 3.72.